The standard InChI is InChI=1S/C18H21BrN2/c1-14-12-16(19)8-9-17(14)21-11-10-20-18(2,13-21)15-6-4-3-5-7-15/h3-9,12,20H,10-11,13H2,1-2H3. The normalized spacial score (nSPS) is 22.3. The Balaban J connectivity index is 1.89. The third-order valence-corrected chi connectivity index (χ3v) is 4.81. The van der Waals surface area contributed by atoms with Gasteiger partial charge >= 0.3 is 0 Å². The Morgan fingerprint density at radius 2 is 1.90 bits per heavy atom. The average Bonchev–Trinajstić information content (AvgIpc) is 2.48. The van der Waals surface area contributed by atoms with Crippen LogP contribution >= 0.6 is 15.9 Å². The molecule has 1 saturated heterocycles. The molecule has 2 aromatic carbocycles. The summed E-state index contributed by atoms with van der Waals surface area (Å²) in [5.41, 5.74) is 4.01. The van der Waals surface area contributed by atoms with Gasteiger partial charge in [-0.15, -0.1) is 0 Å². The first-order valence-electron chi connectivity index (χ1n) is 7.40. The summed E-state index contributed by atoms with van der Waals surface area (Å²) in [6, 6.07) is 17.3. The highest BCUT2D eigenvalue weighted by Gasteiger charge is 2.32. The van der Waals surface area contributed by atoms with Crippen molar-refractivity contribution in [1.29, 1.82) is 0 Å². The second kappa shape index (κ2) is 5.82. The van der Waals surface area contributed by atoms with Gasteiger partial charge in [0.15, 0.2) is 0 Å². The number of benzene rings is 2. The van der Waals surface area contributed by atoms with Gasteiger partial charge in [-0.3, -0.25) is 0 Å². The van der Waals surface area contributed by atoms with Crippen molar-refractivity contribution in [3.63, 3.8) is 0 Å². The summed E-state index contributed by atoms with van der Waals surface area (Å²) < 4.78 is 1.14. The summed E-state index contributed by atoms with van der Waals surface area (Å²) in [6.45, 7) is 7.51. The van der Waals surface area contributed by atoms with Crippen molar-refractivity contribution < 1.29 is 0 Å². The van der Waals surface area contributed by atoms with Gasteiger partial charge in [-0.25, -0.2) is 0 Å². The van der Waals surface area contributed by atoms with Crippen LogP contribution in [0, 0.1) is 6.92 Å². The fourth-order valence-electron chi connectivity index (χ4n) is 3.16. The zero-order chi connectivity index (χ0) is 14.9. The highest BCUT2D eigenvalue weighted by atomic mass is 79.9. The van der Waals surface area contributed by atoms with Crippen LogP contribution < -0.4 is 10.2 Å². The van der Waals surface area contributed by atoms with E-state index in [-0.39, 0.29) is 5.54 Å². The van der Waals surface area contributed by atoms with Crippen LogP contribution in [0.1, 0.15) is 18.1 Å². The van der Waals surface area contributed by atoms with Gasteiger partial charge in [-0.1, -0.05) is 46.3 Å². The van der Waals surface area contributed by atoms with Crippen LogP contribution in [0.4, 0.5) is 5.69 Å². The number of nitrogens with zero attached hydrogens (tertiary/aromatic N) is 1. The molecule has 0 radical (unpaired) electrons. The maximum absolute atomic E-state index is 3.69. The van der Waals surface area contributed by atoms with Gasteiger partial charge in [0.2, 0.25) is 0 Å². The molecule has 1 heterocycles. The minimum absolute atomic E-state index is 0.000969. The molecular weight excluding hydrogens is 324 g/mol. The van der Waals surface area contributed by atoms with Gasteiger partial charge in [0.1, 0.15) is 0 Å². The Hall–Kier alpha value is -1.32. The van der Waals surface area contributed by atoms with Crippen molar-refractivity contribution in [1.82, 2.24) is 5.32 Å². The molecule has 1 fully saturated rings. The molecule has 1 N–H and O–H groups in total. The molecule has 21 heavy (non-hydrogen) atoms. The number of hydrogen-bond donors (Lipinski definition) is 1. The van der Waals surface area contributed by atoms with Gasteiger partial charge in [0, 0.05) is 29.8 Å². The van der Waals surface area contributed by atoms with Gasteiger partial charge < -0.3 is 10.2 Å². The van der Waals surface area contributed by atoms with Gasteiger partial charge in [-0.2, -0.15) is 0 Å². The number of piperazine rings is 1. The molecule has 1 unspecified atom stereocenters. The maximum atomic E-state index is 3.69. The number of nitrogens with one attached hydrogen (secondary N) is 1. The van der Waals surface area contributed by atoms with E-state index in [1.54, 1.807) is 0 Å². The Morgan fingerprint density at radius 3 is 2.62 bits per heavy atom. The highest BCUT2D eigenvalue weighted by molar-refractivity contribution is 9.10. The highest BCUT2D eigenvalue weighted by Crippen LogP contribution is 2.30. The van der Waals surface area contributed by atoms with E-state index in [0.717, 1.165) is 24.1 Å². The molecule has 0 amide bonds. The predicted molar refractivity (Wildman–Crippen MR) is 92.9 cm³/mol. The number of anilines is 1. The first-order chi connectivity index (χ1) is 10.1. The second-order valence-corrected chi connectivity index (χ2v) is 6.89. The quantitative estimate of drug-likeness (QED) is 0.882. The van der Waals surface area contributed by atoms with E-state index in [4.69, 9.17) is 0 Å². The van der Waals surface area contributed by atoms with Crippen LogP contribution in [-0.4, -0.2) is 19.6 Å². The summed E-state index contributed by atoms with van der Waals surface area (Å²) in [4.78, 5) is 2.49. The number of hydrogen-bond acceptors (Lipinski definition) is 2. The Morgan fingerprint density at radius 1 is 1.14 bits per heavy atom. The second-order valence-electron chi connectivity index (χ2n) is 5.98. The van der Waals surface area contributed by atoms with Crippen molar-refractivity contribution >= 4 is 21.6 Å². The molecule has 0 aliphatic carbocycles. The molecule has 0 aromatic heterocycles. The first-order valence-corrected chi connectivity index (χ1v) is 8.19. The Labute approximate surface area is 135 Å². The Kier molecular flexibility index (Phi) is 4.05. The lowest BCUT2D eigenvalue weighted by atomic mass is 9.89. The molecule has 110 valence electrons. The first kappa shape index (κ1) is 14.6. The van der Waals surface area contributed by atoms with E-state index in [2.05, 4.69) is 88.5 Å². The lowest BCUT2D eigenvalue weighted by Crippen LogP contribution is -2.57. The molecule has 0 bridgehead atoms. The van der Waals surface area contributed by atoms with E-state index in [0.29, 0.717) is 0 Å². The average molecular weight is 345 g/mol. The molecule has 0 spiro atoms. The third-order valence-electron chi connectivity index (χ3n) is 4.31. The van der Waals surface area contributed by atoms with Gasteiger partial charge in [0.05, 0.1) is 5.54 Å². The van der Waals surface area contributed by atoms with E-state index in [1.807, 2.05) is 0 Å². The van der Waals surface area contributed by atoms with Crippen molar-refractivity contribution in [3.05, 3.63) is 64.1 Å². The van der Waals surface area contributed by atoms with E-state index in [1.165, 1.54) is 16.8 Å². The lowest BCUT2D eigenvalue weighted by Gasteiger charge is -2.43. The third kappa shape index (κ3) is 2.99. The number of halogens is 1. The molecule has 2 aromatic rings. The predicted octanol–water partition coefficient (Wildman–Crippen LogP) is 4.08. The van der Waals surface area contributed by atoms with Gasteiger partial charge in [0.25, 0.3) is 0 Å². The SMILES string of the molecule is Cc1cc(Br)ccc1N1CCNC(C)(c2ccccc2)C1. The van der Waals surface area contributed by atoms with Crippen LogP contribution in [0.3, 0.4) is 0 Å². The van der Waals surface area contributed by atoms with Crippen LogP contribution in [0.25, 0.3) is 0 Å². The van der Waals surface area contributed by atoms with Crippen molar-refractivity contribution in [2.24, 2.45) is 0 Å². The topological polar surface area (TPSA) is 15.3 Å². The minimum Gasteiger partial charge on any atom is -0.368 e. The molecule has 2 nitrogen and oxygen atoms in total. The molecule has 1 aliphatic rings. The summed E-state index contributed by atoms with van der Waals surface area (Å²) in [7, 11) is 0. The smallest absolute Gasteiger partial charge is 0.0584 e. The van der Waals surface area contributed by atoms with E-state index in [9.17, 15) is 0 Å². The van der Waals surface area contributed by atoms with Crippen LogP contribution in [0.15, 0.2) is 53.0 Å². The maximum Gasteiger partial charge on any atom is 0.0584 e. The lowest BCUT2D eigenvalue weighted by molar-refractivity contribution is 0.332. The zero-order valence-corrected chi connectivity index (χ0v) is 14.2. The van der Waals surface area contributed by atoms with Crippen molar-refractivity contribution in [3.8, 4) is 0 Å². The van der Waals surface area contributed by atoms with Crippen LogP contribution in [-0.2, 0) is 5.54 Å². The zero-order valence-electron chi connectivity index (χ0n) is 12.6. The molecule has 3 heteroatoms. The minimum atomic E-state index is -0.000969. The summed E-state index contributed by atoms with van der Waals surface area (Å²) in [5.74, 6) is 0. The fourth-order valence-corrected chi connectivity index (χ4v) is 3.64. The van der Waals surface area contributed by atoms with Gasteiger partial charge in [-0.05, 0) is 43.2 Å². The summed E-state index contributed by atoms with van der Waals surface area (Å²) >= 11 is 3.55. The molecular formula is C18H21BrN2. The number of rotatable bonds is 2. The largest absolute Gasteiger partial charge is 0.368 e. The fraction of sp³-hybridized carbons (Fsp3) is 0.333. The molecule has 1 aliphatic heterocycles. The van der Waals surface area contributed by atoms with E-state index < -0.39 is 0 Å². The van der Waals surface area contributed by atoms with E-state index >= 15 is 0 Å². The number of aryl methyl sites for hydroxylation is 1. The summed E-state index contributed by atoms with van der Waals surface area (Å²) in [5, 5.41) is 3.69. The molecule has 0 saturated carbocycles. The van der Waals surface area contributed by atoms with Crippen molar-refractivity contribution in [2.45, 2.75) is 19.4 Å². The Bertz CT molecular complexity index is 626. The van der Waals surface area contributed by atoms with Crippen molar-refractivity contribution in [2.75, 3.05) is 24.5 Å². The molecule has 3 rings (SSSR count). The van der Waals surface area contributed by atoms with Crippen LogP contribution in [0.5, 0.6) is 0 Å². The molecule has 1 atom stereocenters. The monoisotopic (exact) mass is 344 g/mol. The summed E-state index contributed by atoms with van der Waals surface area (Å²) in [6.07, 6.45) is 0. The van der Waals surface area contributed by atoms with Crippen LogP contribution in [0.2, 0.25) is 0 Å².